The molecular formula is C21H14F3N5O. The van der Waals surface area contributed by atoms with Crippen LogP contribution in [0.1, 0.15) is 35.8 Å². The third-order valence-electron chi connectivity index (χ3n) is 5.29. The summed E-state index contributed by atoms with van der Waals surface area (Å²) >= 11 is 0. The van der Waals surface area contributed by atoms with Gasteiger partial charge >= 0.3 is 6.55 Å². The fourth-order valence-corrected chi connectivity index (χ4v) is 3.85. The van der Waals surface area contributed by atoms with E-state index in [1.54, 1.807) is 24.3 Å². The number of aromatic nitrogens is 4. The van der Waals surface area contributed by atoms with E-state index >= 15 is 0 Å². The lowest BCUT2D eigenvalue weighted by molar-refractivity contribution is 0.0566. The molecule has 0 spiro atoms. The summed E-state index contributed by atoms with van der Waals surface area (Å²) in [7, 11) is 0. The minimum Gasteiger partial charge on any atom is -0.486 e. The molecule has 0 aliphatic heterocycles. The fourth-order valence-electron chi connectivity index (χ4n) is 3.85. The lowest BCUT2D eigenvalue weighted by atomic mass is 10.1. The Morgan fingerprint density at radius 2 is 2.13 bits per heavy atom. The Bertz CT molecular complexity index is 1300. The molecule has 150 valence electrons. The smallest absolute Gasteiger partial charge is 0.333 e. The van der Waals surface area contributed by atoms with Crippen LogP contribution >= 0.6 is 0 Å². The Morgan fingerprint density at radius 3 is 2.90 bits per heavy atom. The molecule has 5 rings (SSSR count). The van der Waals surface area contributed by atoms with Crippen molar-refractivity contribution in [2.75, 3.05) is 0 Å². The quantitative estimate of drug-likeness (QED) is 0.520. The Kier molecular flexibility index (Phi) is 4.20. The fraction of sp³-hybridized carbons (Fsp3) is 0.190. The number of halogens is 3. The second-order valence-electron chi connectivity index (χ2n) is 7.02. The summed E-state index contributed by atoms with van der Waals surface area (Å²) in [5.41, 5.74) is 2.94. The van der Waals surface area contributed by atoms with Crippen LogP contribution < -0.4 is 4.74 Å². The first-order valence-electron chi connectivity index (χ1n) is 9.24. The van der Waals surface area contributed by atoms with Crippen LogP contribution in [0.3, 0.4) is 0 Å². The van der Waals surface area contributed by atoms with E-state index in [0.717, 1.165) is 11.1 Å². The average Bonchev–Trinajstić information content (AvgIpc) is 3.46. The number of hydrogen-bond donors (Lipinski definition) is 1. The summed E-state index contributed by atoms with van der Waals surface area (Å²) in [6.07, 6.45) is 3.32. The molecule has 1 unspecified atom stereocenters. The van der Waals surface area contributed by atoms with Gasteiger partial charge in [-0.2, -0.15) is 24.2 Å². The van der Waals surface area contributed by atoms with Crippen molar-refractivity contribution in [3.05, 3.63) is 65.2 Å². The number of ether oxygens (including phenoxy) is 1. The summed E-state index contributed by atoms with van der Waals surface area (Å²) in [6.45, 7) is -2.73. The van der Waals surface area contributed by atoms with Crippen molar-refractivity contribution in [2.24, 2.45) is 0 Å². The maximum absolute atomic E-state index is 14.4. The zero-order valence-corrected chi connectivity index (χ0v) is 15.4. The predicted molar refractivity (Wildman–Crippen MR) is 101 cm³/mol. The summed E-state index contributed by atoms with van der Waals surface area (Å²) in [6, 6.07) is 10.4. The maximum Gasteiger partial charge on any atom is 0.333 e. The van der Waals surface area contributed by atoms with Crippen molar-refractivity contribution < 1.29 is 17.9 Å². The molecule has 1 N–H and O–H groups in total. The second-order valence-corrected chi connectivity index (χ2v) is 7.02. The molecule has 2 aromatic carbocycles. The number of nitrogens with one attached hydrogen (secondary N) is 1. The molecule has 30 heavy (non-hydrogen) atoms. The molecule has 0 saturated carbocycles. The summed E-state index contributed by atoms with van der Waals surface area (Å²) < 4.78 is 46.7. The van der Waals surface area contributed by atoms with Crippen LogP contribution in [0.2, 0.25) is 0 Å². The van der Waals surface area contributed by atoms with E-state index in [-0.39, 0.29) is 11.7 Å². The molecule has 1 aliphatic carbocycles. The molecule has 1 atom stereocenters. The highest BCUT2D eigenvalue weighted by atomic mass is 19.3. The first-order chi connectivity index (χ1) is 14.5. The van der Waals surface area contributed by atoms with Crippen LogP contribution in [0.15, 0.2) is 42.7 Å². The van der Waals surface area contributed by atoms with Gasteiger partial charge in [-0.1, -0.05) is 6.07 Å². The molecule has 6 nitrogen and oxygen atoms in total. The monoisotopic (exact) mass is 409 g/mol. The van der Waals surface area contributed by atoms with Gasteiger partial charge in [-0.05, 0) is 48.2 Å². The lowest BCUT2D eigenvalue weighted by Crippen LogP contribution is -2.04. The summed E-state index contributed by atoms with van der Waals surface area (Å²) in [5.74, 6) is 0.0683. The van der Waals surface area contributed by atoms with Crippen molar-refractivity contribution in [2.45, 2.75) is 25.5 Å². The molecule has 0 amide bonds. The number of nitriles is 1. The number of rotatable bonds is 4. The van der Waals surface area contributed by atoms with E-state index in [9.17, 15) is 13.2 Å². The van der Waals surface area contributed by atoms with E-state index in [0.29, 0.717) is 45.5 Å². The molecule has 2 aromatic heterocycles. The first-order valence-corrected chi connectivity index (χ1v) is 9.24. The van der Waals surface area contributed by atoms with Gasteiger partial charge in [-0.3, -0.25) is 5.10 Å². The van der Waals surface area contributed by atoms with Gasteiger partial charge in [-0.25, -0.2) is 9.07 Å². The number of alkyl halides is 2. The Balaban J connectivity index is 1.47. The number of aromatic amines is 1. The number of nitrogens with zero attached hydrogens (tertiary/aromatic N) is 4. The van der Waals surface area contributed by atoms with Gasteiger partial charge in [0.1, 0.15) is 29.4 Å². The van der Waals surface area contributed by atoms with Crippen LogP contribution in [0.5, 0.6) is 5.75 Å². The number of fused-ring (bicyclic) bond motifs is 2. The van der Waals surface area contributed by atoms with Crippen molar-refractivity contribution in [3.8, 4) is 23.1 Å². The van der Waals surface area contributed by atoms with Crippen LogP contribution in [-0.4, -0.2) is 20.0 Å². The molecule has 4 aromatic rings. The van der Waals surface area contributed by atoms with Gasteiger partial charge in [-0.15, -0.1) is 0 Å². The highest BCUT2D eigenvalue weighted by Crippen LogP contribution is 2.38. The van der Waals surface area contributed by atoms with Gasteiger partial charge in [0, 0.05) is 17.1 Å². The standard InChI is InChI=1S/C21H14F3N5O/c22-19-11(8-25)1-3-14-15(19)4-6-18(14)30-13-2-5-17-16(7-13)20(28-27-17)12-9-26-29(10-12)21(23)24/h1-3,5,7,9-10,18,21H,4,6H2,(H,27,28). The van der Waals surface area contributed by atoms with Crippen LogP contribution in [-0.2, 0) is 6.42 Å². The van der Waals surface area contributed by atoms with Crippen molar-refractivity contribution in [1.82, 2.24) is 20.0 Å². The zero-order chi connectivity index (χ0) is 20.8. The molecule has 0 fully saturated rings. The number of benzene rings is 2. The topological polar surface area (TPSA) is 79.5 Å². The highest BCUT2D eigenvalue weighted by Gasteiger charge is 2.28. The predicted octanol–water partition coefficient (Wildman–Crippen LogP) is 4.90. The van der Waals surface area contributed by atoms with E-state index in [1.165, 1.54) is 18.5 Å². The highest BCUT2D eigenvalue weighted by molar-refractivity contribution is 5.93. The average molecular weight is 409 g/mol. The Morgan fingerprint density at radius 1 is 1.27 bits per heavy atom. The van der Waals surface area contributed by atoms with Gasteiger partial charge in [0.2, 0.25) is 0 Å². The maximum atomic E-state index is 14.4. The van der Waals surface area contributed by atoms with Crippen LogP contribution in [0.4, 0.5) is 13.2 Å². The first kappa shape index (κ1) is 18.2. The van der Waals surface area contributed by atoms with Gasteiger partial charge in [0.25, 0.3) is 0 Å². The molecular weight excluding hydrogens is 395 g/mol. The van der Waals surface area contributed by atoms with Crippen molar-refractivity contribution in [3.63, 3.8) is 0 Å². The van der Waals surface area contributed by atoms with Gasteiger partial charge in [0.15, 0.2) is 0 Å². The molecule has 0 bridgehead atoms. The molecule has 1 aliphatic rings. The number of hydrogen-bond acceptors (Lipinski definition) is 4. The Hall–Kier alpha value is -3.80. The zero-order valence-electron chi connectivity index (χ0n) is 15.4. The normalized spacial score (nSPS) is 15.5. The largest absolute Gasteiger partial charge is 0.486 e. The minimum absolute atomic E-state index is 0.0307. The van der Waals surface area contributed by atoms with Crippen LogP contribution in [0.25, 0.3) is 22.2 Å². The minimum atomic E-state index is -2.73. The molecule has 0 saturated heterocycles. The van der Waals surface area contributed by atoms with E-state index in [1.807, 2.05) is 6.07 Å². The lowest BCUT2D eigenvalue weighted by Gasteiger charge is -2.15. The van der Waals surface area contributed by atoms with E-state index in [4.69, 9.17) is 10.00 Å². The van der Waals surface area contributed by atoms with E-state index < -0.39 is 12.4 Å². The van der Waals surface area contributed by atoms with Crippen LogP contribution in [0, 0.1) is 17.1 Å². The van der Waals surface area contributed by atoms with Gasteiger partial charge < -0.3 is 4.74 Å². The number of H-pyrrole nitrogens is 1. The third kappa shape index (κ3) is 2.88. The van der Waals surface area contributed by atoms with Crippen molar-refractivity contribution in [1.29, 1.82) is 5.26 Å². The third-order valence-corrected chi connectivity index (χ3v) is 5.29. The summed E-state index contributed by atoms with van der Waals surface area (Å²) in [5, 5.41) is 20.4. The summed E-state index contributed by atoms with van der Waals surface area (Å²) in [4.78, 5) is 0. The van der Waals surface area contributed by atoms with Crippen molar-refractivity contribution >= 4 is 10.9 Å². The van der Waals surface area contributed by atoms with E-state index in [2.05, 4.69) is 15.3 Å². The molecule has 2 heterocycles. The SMILES string of the molecule is N#Cc1ccc2c(c1F)CCC2Oc1ccc2[nH]nc(-c3cnn(C(F)F)c3)c2c1. The molecule has 9 heteroatoms. The molecule has 0 radical (unpaired) electrons. The second kappa shape index (κ2) is 6.91. The van der Waals surface area contributed by atoms with Gasteiger partial charge in [0.05, 0.1) is 17.3 Å². The Labute approximate surface area is 168 Å².